The fourth-order valence-corrected chi connectivity index (χ4v) is 1.22. The Kier molecular flexibility index (Phi) is 2.71. The van der Waals surface area contributed by atoms with Gasteiger partial charge in [-0.25, -0.2) is 0 Å². The van der Waals surface area contributed by atoms with Crippen molar-refractivity contribution in [1.29, 1.82) is 0 Å². The first kappa shape index (κ1) is 8.33. The highest BCUT2D eigenvalue weighted by molar-refractivity contribution is 6.32. The third kappa shape index (κ3) is 2.76. The highest BCUT2D eigenvalue weighted by Gasteiger charge is 1.94. The lowest BCUT2D eigenvalue weighted by Crippen LogP contribution is -2.07. The molecule has 1 rings (SSSR count). The summed E-state index contributed by atoms with van der Waals surface area (Å²) in [5, 5.41) is 1.40. The van der Waals surface area contributed by atoms with E-state index in [1.54, 1.807) is 0 Å². The number of rotatable bonds is 2. The van der Waals surface area contributed by atoms with Crippen molar-refractivity contribution in [3.8, 4) is 5.75 Å². The molecule has 0 aromatic heterocycles. The second-order valence-corrected chi connectivity index (χ2v) is 4.13. The standard InChI is InChI=1S/C9H14OSi/c1-7(2)10-8-3-5-9(11)6-4-8/h3-7H,1-2,11H3. The van der Waals surface area contributed by atoms with Gasteiger partial charge in [0.15, 0.2) is 0 Å². The molecule has 0 aliphatic rings. The summed E-state index contributed by atoms with van der Waals surface area (Å²) in [6.07, 6.45) is 0.273. The quantitative estimate of drug-likeness (QED) is 0.580. The monoisotopic (exact) mass is 166 g/mol. The van der Waals surface area contributed by atoms with Crippen LogP contribution in [0.1, 0.15) is 13.8 Å². The molecule has 0 bridgehead atoms. The number of hydrogen-bond donors (Lipinski definition) is 0. The summed E-state index contributed by atoms with van der Waals surface area (Å²) in [6, 6.07) is 8.29. The normalized spacial score (nSPS) is 10.5. The van der Waals surface area contributed by atoms with Crippen molar-refractivity contribution >= 4 is 15.4 Å². The van der Waals surface area contributed by atoms with Crippen LogP contribution in [-0.4, -0.2) is 16.3 Å². The van der Waals surface area contributed by atoms with Gasteiger partial charge in [0, 0.05) is 10.2 Å². The smallest absolute Gasteiger partial charge is 0.119 e. The zero-order valence-corrected chi connectivity index (χ0v) is 9.29. The van der Waals surface area contributed by atoms with Crippen LogP contribution in [0, 0.1) is 0 Å². The van der Waals surface area contributed by atoms with Crippen LogP contribution in [-0.2, 0) is 0 Å². The topological polar surface area (TPSA) is 9.23 Å². The number of benzene rings is 1. The van der Waals surface area contributed by atoms with E-state index in [0.29, 0.717) is 0 Å². The maximum absolute atomic E-state index is 5.48. The van der Waals surface area contributed by atoms with Crippen molar-refractivity contribution in [2.45, 2.75) is 20.0 Å². The molecular formula is C9H14OSi. The molecule has 0 saturated heterocycles. The van der Waals surface area contributed by atoms with Gasteiger partial charge in [0.2, 0.25) is 0 Å². The highest BCUT2D eigenvalue weighted by atomic mass is 28.1. The van der Waals surface area contributed by atoms with E-state index in [0.717, 1.165) is 16.0 Å². The van der Waals surface area contributed by atoms with E-state index in [4.69, 9.17) is 4.74 Å². The molecule has 0 fully saturated rings. The van der Waals surface area contributed by atoms with Crippen LogP contribution in [0.25, 0.3) is 0 Å². The third-order valence-corrected chi connectivity index (χ3v) is 2.06. The summed E-state index contributed by atoms with van der Waals surface area (Å²) in [6.45, 7) is 4.07. The van der Waals surface area contributed by atoms with E-state index >= 15 is 0 Å². The zero-order chi connectivity index (χ0) is 8.27. The number of ether oxygens (including phenoxy) is 1. The number of hydrogen-bond acceptors (Lipinski definition) is 1. The molecule has 0 N–H and O–H groups in total. The predicted molar refractivity (Wildman–Crippen MR) is 51.8 cm³/mol. The Morgan fingerprint density at radius 2 is 1.73 bits per heavy atom. The molecule has 0 aliphatic heterocycles. The molecule has 1 nitrogen and oxygen atoms in total. The summed E-state index contributed by atoms with van der Waals surface area (Å²) in [5.74, 6) is 0.972. The molecule has 60 valence electrons. The zero-order valence-electron chi connectivity index (χ0n) is 7.29. The van der Waals surface area contributed by atoms with E-state index in [-0.39, 0.29) is 6.10 Å². The minimum Gasteiger partial charge on any atom is -0.491 e. The lowest BCUT2D eigenvalue weighted by Gasteiger charge is -2.08. The summed E-state index contributed by atoms with van der Waals surface area (Å²) in [5.41, 5.74) is 0. The molecule has 0 spiro atoms. The lowest BCUT2D eigenvalue weighted by molar-refractivity contribution is 0.242. The first-order chi connectivity index (χ1) is 5.18. The minimum absolute atomic E-state index is 0.273. The average Bonchev–Trinajstić information content (AvgIpc) is 1.93. The van der Waals surface area contributed by atoms with Gasteiger partial charge in [-0.1, -0.05) is 17.3 Å². The Morgan fingerprint density at radius 1 is 1.18 bits per heavy atom. The highest BCUT2D eigenvalue weighted by Crippen LogP contribution is 2.08. The molecule has 0 radical (unpaired) electrons. The maximum Gasteiger partial charge on any atom is 0.119 e. The predicted octanol–water partition coefficient (Wildman–Crippen LogP) is 0.464. The second kappa shape index (κ2) is 3.58. The molecule has 0 unspecified atom stereocenters. The van der Waals surface area contributed by atoms with Crippen LogP contribution in [0.5, 0.6) is 5.75 Å². The fraction of sp³-hybridized carbons (Fsp3) is 0.333. The molecule has 0 amide bonds. The van der Waals surface area contributed by atoms with E-state index in [2.05, 4.69) is 12.1 Å². The van der Waals surface area contributed by atoms with Gasteiger partial charge >= 0.3 is 0 Å². The first-order valence-corrected chi connectivity index (χ1v) is 4.92. The van der Waals surface area contributed by atoms with E-state index in [1.807, 2.05) is 26.0 Å². The first-order valence-electron chi connectivity index (χ1n) is 3.92. The molecular weight excluding hydrogens is 152 g/mol. The molecule has 0 atom stereocenters. The van der Waals surface area contributed by atoms with Gasteiger partial charge in [-0.3, -0.25) is 0 Å². The Balaban J connectivity index is 2.66. The molecule has 1 aromatic carbocycles. The van der Waals surface area contributed by atoms with Gasteiger partial charge in [-0.05, 0) is 26.0 Å². The molecule has 11 heavy (non-hydrogen) atoms. The molecule has 1 aromatic rings. The van der Waals surface area contributed by atoms with Crippen molar-refractivity contribution < 1.29 is 4.74 Å². The largest absolute Gasteiger partial charge is 0.491 e. The van der Waals surface area contributed by atoms with Gasteiger partial charge in [-0.15, -0.1) is 0 Å². The van der Waals surface area contributed by atoms with Crippen molar-refractivity contribution in [3.63, 3.8) is 0 Å². The molecule has 0 heterocycles. The summed E-state index contributed by atoms with van der Waals surface area (Å²) in [7, 11) is 1.11. The Hall–Kier alpha value is -0.763. The van der Waals surface area contributed by atoms with Crippen molar-refractivity contribution in [1.82, 2.24) is 0 Å². The van der Waals surface area contributed by atoms with Gasteiger partial charge in [0.1, 0.15) is 5.75 Å². The second-order valence-electron chi connectivity index (χ2n) is 2.98. The maximum atomic E-state index is 5.48. The fourth-order valence-electron chi connectivity index (χ4n) is 0.889. The van der Waals surface area contributed by atoms with Gasteiger partial charge in [0.25, 0.3) is 0 Å². The van der Waals surface area contributed by atoms with E-state index in [9.17, 15) is 0 Å². The van der Waals surface area contributed by atoms with Crippen molar-refractivity contribution in [2.24, 2.45) is 0 Å². The van der Waals surface area contributed by atoms with E-state index < -0.39 is 0 Å². The van der Waals surface area contributed by atoms with Crippen LogP contribution in [0.2, 0.25) is 0 Å². The molecule has 0 aliphatic carbocycles. The molecule has 2 heteroatoms. The van der Waals surface area contributed by atoms with Crippen molar-refractivity contribution in [2.75, 3.05) is 0 Å². The van der Waals surface area contributed by atoms with Gasteiger partial charge in [0.05, 0.1) is 6.10 Å². The SMILES string of the molecule is CC(C)Oc1ccc([SiH3])cc1. The summed E-state index contributed by atoms with van der Waals surface area (Å²) >= 11 is 0. The van der Waals surface area contributed by atoms with Crippen LogP contribution >= 0.6 is 0 Å². The lowest BCUT2D eigenvalue weighted by atomic mass is 10.3. The average molecular weight is 166 g/mol. The Labute approximate surface area is 70.8 Å². The van der Waals surface area contributed by atoms with E-state index in [1.165, 1.54) is 5.19 Å². The Morgan fingerprint density at radius 3 is 2.18 bits per heavy atom. The van der Waals surface area contributed by atoms with Crippen LogP contribution < -0.4 is 9.92 Å². The van der Waals surface area contributed by atoms with Crippen LogP contribution in [0.15, 0.2) is 24.3 Å². The van der Waals surface area contributed by atoms with Gasteiger partial charge in [-0.2, -0.15) is 0 Å². The van der Waals surface area contributed by atoms with Crippen molar-refractivity contribution in [3.05, 3.63) is 24.3 Å². The summed E-state index contributed by atoms with van der Waals surface area (Å²) in [4.78, 5) is 0. The Bertz CT molecular complexity index is 216. The minimum atomic E-state index is 0.273. The summed E-state index contributed by atoms with van der Waals surface area (Å²) < 4.78 is 5.48. The van der Waals surface area contributed by atoms with Gasteiger partial charge < -0.3 is 4.74 Å². The molecule has 0 saturated carbocycles. The third-order valence-electron chi connectivity index (χ3n) is 1.39. The van der Waals surface area contributed by atoms with Crippen LogP contribution in [0.3, 0.4) is 0 Å². The van der Waals surface area contributed by atoms with Crippen LogP contribution in [0.4, 0.5) is 0 Å².